The average molecular weight is 333 g/mol. The molecule has 2 aromatic rings. The van der Waals surface area contributed by atoms with Crippen LogP contribution in [0.4, 0.5) is 5.13 Å². The summed E-state index contributed by atoms with van der Waals surface area (Å²) >= 11 is 3.07. The number of nitrogens with one attached hydrogen (secondary N) is 1. The summed E-state index contributed by atoms with van der Waals surface area (Å²) in [4.78, 5) is 11.9. The zero-order valence-electron chi connectivity index (χ0n) is 12.9. The molecule has 0 bridgehead atoms. The number of anilines is 1. The lowest BCUT2D eigenvalue weighted by atomic mass is 10.1. The lowest BCUT2D eigenvalue weighted by Gasteiger charge is -1.99. The van der Waals surface area contributed by atoms with Crippen molar-refractivity contribution in [1.29, 1.82) is 0 Å². The number of thioether (sulfide) groups is 1. The number of aryl methyl sites for hydroxylation is 1. The van der Waals surface area contributed by atoms with Crippen molar-refractivity contribution < 1.29 is 4.79 Å². The first-order valence-corrected chi connectivity index (χ1v) is 8.85. The van der Waals surface area contributed by atoms with Gasteiger partial charge in [0.15, 0.2) is 4.34 Å². The molecule has 0 aliphatic heterocycles. The van der Waals surface area contributed by atoms with E-state index in [0.29, 0.717) is 11.0 Å². The Labute approximate surface area is 139 Å². The third kappa shape index (κ3) is 5.61. The number of benzene rings is 1. The summed E-state index contributed by atoms with van der Waals surface area (Å²) in [7, 11) is 0. The van der Waals surface area contributed by atoms with Crippen LogP contribution in [0.2, 0.25) is 0 Å². The van der Waals surface area contributed by atoms with Gasteiger partial charge in [-0.15, -0.1) is 10.2 Å². The molecule has 116 valence electrons. The minimum Gasteiger partial charge on any atom is -0.297 e. The maximum Gasteiger partial charge on any atom is 0.250 e. The van der Waals surface area contributed by atoms with Crippen LogP contribution in [-0.2, 0) is 4.79 Å². The second kappa shape index (κ2) is 8.10. The maximum absolute atomic E-state index is 11.9. The fraction of sp³-hybridized carbons (Fsp3) is 0.312. The molecule has 6 heteroatoms. The quantitative estimate of drug-likeness (QED) is 0.488. The van der Waals surface area contributed by atoms with Gasteiger partial charge in [-0.3, -0.25) is 10.1 Å². The number of hydrogen-bond acceptors (Lipinski definition) is 5. The zero-order chi connectivity index (χ0) is 15.9. The predicted molar refractivity (Wildman–Crippen MR) is 94.3 cm³/mol. The Morgan fingerprint density at radius 3 is 2.73 bits per heavy atom. The van der Waals surface area contributed by atoms with Gasteiger partial charge in [0.05, 0.1) is 0 Å². The van der Waals surface area contributed by atoms with Gasteiger partial charge in [-0.25, -0.2) is 0 Å². The van der Waals surface area contributed by atoms with Crippen molar-refractivity contribution >= 4 is 40.2 Å². The van der Waals surface area contributed by atoms with Crippen LogP contribution >= 0.6 is 23.1 Å². The zero-order valence-corrected chi connectivity index (χ0v) is 14.5. The van der Waals surface area contributed by atoms with Crippen molar-refractivity contribution in [1.82, 2.24) is 10.2 Å². The van der Waals surface area contributed by atoms with E-state index in [9.17, 15) is 4.79 Å². The molecule has 0 spiro atoms. The van der Waals surface area contributed by atoms with E-state index >= 15 is 0 Å². The molecule has 0 radical (unpaired) electrons. The smallest absolute Gasteiger partial charge is 0.250 e. The fourth-order valence-electron chi connectivity index (χ4n) is 1.55. The van der Waals surface area contributed by atoms with Crippen LogP contribution < -0.4 is 5.32 Å². The Kier molecular flexibility index (Phi) is 6.15. The van der Waals surface area contributed by atoms with Crippen molar-refractivity contribution in [2.75, 3.05) is 11.1 Å². The van der Waals surface area contributed by atoms with Crippen molar-refractivity contribution in [3.63, 3.8) is 0 Å². The molecule has 1 heterocycles. The topological polar surface area (TPSA) is 54.9 Å². The monoisotopic (exact) mass is 333 g/mol. The summed E-state index contributed by atoms with van der Waals surface area (Å²) in [6, 6.07) is 7.98. The van der Waals surface area contributed by atoms with Crippen LogP contribution in [0.25, 0.3) is 6.08 Å². The van der Waals surface area contributed by atoms with Gasteiger partial charge in [0.25, 0.3) is 0 Å². The Morgan fingerprint density at radius 2 is 2.05 bits per heavy atom. The SMILES string of the molecule is Cc1ccc(/C=C/C(=O)Nc2nnc(SCC(C)C)s2)cc1. The summed E-state index contributed by atoms with van der Waals surface area (Å²) < 4.78 is 0.881. The molecule has 4 nitrogen and oxygen atoms in total. The van der Waals surface area contributed by atoms with Crippen LogP contribution in [0.15, 0.2) is 34.7 Å². The van der Waals surface area contributed by atoms with Crippen LogP contribution in [0, 0.1) is 12.8 Å². The predicted octanol–water partition coefficient (Wildman–Crippen LogP) is 4.25. The highest BCUT2D eigenvalue weighted by Crippen LogP contribution is 2.26. The number of carbonyl (C=O) groups is 1. The largest absolute Gasteiger partial charge is 0.297 e. The minimum atomic E-state index is -0.197. The van der Waals surface area contributed by atoms with Crippen molar-refractivity contribution in [3.05, 3.63) is 41.5 Å². The second-order valence-corrected chi connectivity index (χ2v) is 7.56. The van der Waals surface area contributed by atoms with E-state index in [4.69, 9.17) is 0 Å². The molecular formula is C16H19N3OS2. The molecule has 1 N–H and O–H groups in total. The Balaban J connectivity index is 1.87. The number of carbonyl (C=O) groups excluding carboxylic acids is 1. The summed E-state index contributed by atoms with van der Waals surface area (Å²) in [5, 5.41) is 11.3. The van der Waals surface area contributed by atoms with Gasteiger partial charge in [0.1, 0.15) is 0 Å². The Bertz CT molecular complexity index is 648. The van der Waals surface area contributed by atoms with Gasteiger partial charge >= 0.3 is 0 Å². The molecule has 0 saturated heterocycles. The van der Waals surface area contributed by atoms with E-state index < -0.39 is 0 Å². The lowest BCUT2D eigenvalue weighted by molar-refractivity contribution is -0.111. The maximum atomic E-state index is 11.9. The number of nitrogens with zero attached hydrogens (tertiary/aromatic N) is 2. The van der Waals surface area contributed by atoms with Gasteiger partial charge in [0.2, 0.25) is 11.0 Å². The highest BCUT2D eigenvalue weighted by molar-refractivity contribution is 8.01. The first-order chi connectivity index (χ1) is 10.5. The summed E-state index contributed by atoms with van der Waals surface area (Å²) in [5.41, 5.74) is 2.19. The highest BCUT2D eigenvalue weighted by atomic mass is 32.2. The molecular weight excluding hydrogens is 314 g/mol. The van der Waals surface area contributed by atoms with Crippen molar-refractivity contribution in [2.24, 2.45) is 5.92 Å². The Morgan fingerprint density at radius 1 is 1.32 bits per heavy atom. The summed E-state index contributed by atoms with van der Waals surface area (Å²) in [6.45, 7) is 6.35. The highest BCUT2D eigenvalue weighted by Gasteiger charge is 2.07. The van der Waals surface area contributed by atoms with Gasteiger partial charge in [0, 0.05) is 11.8 Å². The normalized spacial score (nSPS) is 11.3. The van der Waals surface area contributed by atoms with E-state index in [1.165, 1.54) is 23.0 Å². The van der Waals surface area contributed by atoms with Crippen LogP contribution in [-0.4, -0.2) is 21.9 Å². The van der Waals surface area contributed by atoms with E-state index in [2.05, 4.69) is 29.4 Å². The molecule has 0 aliphatic carbocycles. The van der Waals surface area contributed by atoms with E-state index in [1.54, 1.807) is 17.8 Å². The number of aromatic nitrogens is 2. The molecule has 0 unspecified atom stereocenters. The van der Waals surface area contributed by atoms with Crippen LogP contribution in [0.3, 0.4) is 0 Å². The van der Waals surface area contributed by atoms with Crippen molar-refractivity contribution in [2.45, 2.75) is 25.1 Å². The molecule has 0 saturated carbocycles. The van der Waals surface area contributed by atoms with Gasteiger partial charge < -0.3 is 0 Å². The third-order valence-electron chi connectivity index (χ3n) is 2.68. The fourth-order valence-corrected chi connectivity index (χ4v) is 3.28. The molecule has 22 heavy (non-hydrogen) atoms. The van der Waals surface area contributed by atoms with Crippen molar-refractivity contribution in [3.8, 4) is 0 Å². The second-order valence-electron chi connectivity index (χ2n) is 5.31. The number of hydrogen-bond donors (Lipinski definition) is 1. The van der Waals surface area contributed by atoms with Gasteiger partial charge in [-0.05, 0) is 24.5 Å². The van der Waals surface area contributed by atoms with E-state index in [0.717, 1.165) is 15.7 Å². The summed E-state index contributed by atoms with van der Waals surface area (Å²) in [6.07, 6.45) is 3.29. The molecule has 0 atom stereocenters. The van der Waals surface area contributed by atoms with Gasteiger partial charge in [-0.1, -0.05) is 66.8 Å². The van der Waals surface area contributed by atoms with Gasteiger partial charge in [-0.2, -0.15) is 0 Å². The minimum absolute atomic E-state index is 0.197. The molecule has 1 aromatic carbocycles. The summed E-state index contributed by atoms with van der Waals surface area (Å²) in [5.74, 6) is 1.40. The molecule has 1 aromatic heterocycles. The molecule has 2 rings (SSSR count). The molecule has 1 amide bonds. The number of rotatable bonds is 6. The standard InChI is InChI=1S/C16H19N3OS2/c1-11(2)10-21-16-19-18-15(22-16)17-14(20)9-8-13-6-4-12(3)5-7-13/h4-9,11H,10H2,1-3H3,(H,17,18,20)/b9-8+. The third-order valence-corrected chi connectivity index (χ3v) is 5.08. The van der Waals surface area contributed by atoms with E-state index in [1.807, 2.05) is 31.2 Å². The first-order valence-electron chi connectivity index (χ1n) is 7.05. The van der Waals surface area contributed by atoms with Crippen LogP contribution in [0.1, 0.15) is 25.0 Å². The van der Waals surface area contributed by atoms with E-state index in [-0.39, 0.29) is 5.91 Å². The first kappa shape index (κ1) is 16.7. The lowest BCUT2D eigenvalue weighted by Crippen LogP contribution is -2.07. The number of amides is 1. The Hall–Kier alpha value is -1.66. The average Bonchev–Trinajstić information content (AvgIpc) is 2.92. The molecule has 0 aliphatic rings. The molecule has 0 fully saturated rings. The van der Waals surface area contributed by atoms with Crippen LogP contribution in [0.5, 0.6) is 0 Å².